The summed E-state index contributed by atoms with van der Waals surface area (Å²) in [5.41, 5.74) is 4.55. The van der Waals surface area contributed by atoms with Gasteiger partial charge < -0.3 is 5.32 Å². The fourth-order valence-electron chi connectivity index (χ4n) is 3.84. The van der Waals surface area contributed by atoms with E-state index in [4.69, 9.17) is 0 Å². The van der Waals surface area contributed by atoms with Gasteiger partial charge in [0.1, 0.15) is 12.4 Å². The lowest BCUT2D eigenvalue weighted by Crippen LogP contribution is -2.39. The van der Waals surface area contributed by atoms with Crippen LogP contribution in [0.2, 0.25) is 0 Å². The molecular formula is C24H26N4O2. The number of carbonyl (C=O) groups excluding carboxylic acids is 1. The smallest absolute Gasteiger partial charge is 0.257 e. The Labute approximate surface area is 176 Å². The van der Waals surface area contributed by atoms with Crippen molar-refractivity contribution in [2.75, 3.05) is 11.9 Å². The minimum atomic E-state index is -0.229. The molecule has 1 aliphatic heterocycles. The van der Waals surface area contributed by atoms with Crippen molar-refractivity contribution in [3.63, 3.8) is 0 Å². The number of hydrogen-bond acceptors (Lipinski definition) is 4. The maximum atomic E-state index is 13.1. The zero-order valence-corrected chi connectivity index (χ0v) is 17.4. The van der Waals surface area contributed by atoms with Gasteiger partial charge in [-0.25, -0.2) is 4.98 Å². The molecule has 2 heterocycles. The Morgan fingerprint density at radius 1 is 1.07 bits per heavy atom. The van der Waals surface area contributed by atoms with Crippen LogP contribution >= 0.6 is 0 Å². The van der Waals surface area contributed by atoms with Crippen LogP contribution in [0.3, 0.4) is 0 Å². The van der Waals surface area contributed by atoms with Crippen molar-refractivity contribution in [2.45, 2.75) is 39.9 Å². The topological polar surface area (TPSA) is 67.2 Å². The molecule has 0 saturated heterocycles. The lowest BCUT2D eigenvalue weighted by atomic mass is 10.1. The van der Waals surface area contributed by atoms with Crippen LogP contribution in [-0.4, -0.2) is 26.9 Å². The first-order chi connectivity index (χ1) is 14.5. The number of rotatable bonds is 5. The molecule has 1 N–H and O–H groups in total. The van der Waals surface area contributed by atoms with Crippen LogP contribution in [0.15, 0.2) is 59.4 Å². The molecule has 0 bridgehead atoms. The van der Waals surface area contributed by atoms with E-state index in [9.17, 15) is 9.59 Å². The van der Waals surface area contributed by atoms with Crippen LogP contribution in [0.5, 0.6) is 0 Å². The van der Waals surface area contributed by atoms with Gasteiger partial charge in [0.25, 0.3) is 5.56 Å². The Kier molecular flexibility index (Phi) is 5.77. The van der Waals surface area contributed by atoms with Gasteiger partial charge in [-0.15, -0.1) is 0 Å². The number of nitrogens with one attached hydrogen (secondary N) is 1. The number of benzene rings is 2. The third-order valence-corrected chi connectivity index (χ3v) is 5.48. The Bertz CT molecular complexity index is 1100. The molecule has 6 heteroatoms. The van der Waals surface area contributed by atoms with E-state index >= 15 is 0 Å². The second-order valence-corrected chi connectivity index (χ2v) is 7.84. The molecule has 154 valence electrons. The number of anilines is 1. The Hall–Kier alpha value is -3.25. The van der Waals surface area contributed by atoms with Crippen molar-refractivity contribution in [2.24, 2.45) is 0 Å². The molecule has 2 aromatic carbocycles. The minimum absolute atomic E-state index is 0.0352. The predicted octanol–water partition coefficient (Wildman–Crippen LogP) is 3.06. The highest BCUT2D eigenvalue weighted by molar-refractivity contribution is 5.90. The summed E-state index contributed by atoms with van der Waals surface area (Å²) in [6.45, 7) is 6.04. The van der Waals surface area contributed by atoms with Crippen LogP contribution in [-0.2, 0) is 30.8 Å². The molecule has 0 radical (unpaired) electrons. The number of aromatic nitrogens is 2. The Morgan fingerprint density at radius 3 is 2.53 bits per heavy atom. The molecule has 0 fully saturated rings. The van der Waals surface area contributed by atoms with E-state index in [0.717, 1.165) is 35.6 Å². The average molecular weight is 402 g/mol. The monoisotopic (exact) mass is 402 g/mol. The molecule has 1 amide bonds. The average Bonchev–Trinajstić information content (AvgIpc) is 2.73. The molecule has 0 saturated carbocycles. The molecule has 0 aliphatic carbocycles. The molecule has 0 atom stereocenters. The van der Waals surface area contributed by atoms with E-state index in [1.54, 1.807) is 6.92 Å². The third kappa shape index (κ3) is 4.49. The van der Waals surface area contributed by atoms with Crippen molar-refractivity contribution in [3.8, 4) is 0 Å². The molecular weight excluding hydrogens is 376 g/mol. The normalized spacial score (nSPS) is 13.7. The predicted molar refractivity (Wildman–Crippen MR) is 117 cm³/mol. The number of hydrogen-bond donors (Lipinski definition) is 1. The number of aryl methyl sites for hydroxylation is 2. The lowest BCUT2D eigenvalue weighted by molar-refractivity contribution is -0.116. The second-order valence-electron chi connectivity index (χ2n) is 7.84. The van der Waals surface area contributed by atoms with Crippen molar-refractivity contribution >= 4 is 11.6 Å². The van der Waals surface area contributed by atoms with Gasteiger partial charge in [0, 0.05) is 30.9 Å². The largest absolute Gasteiger partial charge is 0.325 e. The van der Waals surface area contributed by atoms with E-state index in [-0.39, 0.29) is 18.0 Å². The maximum Gasteiger partial charge on any atom is 0.257 e. The van der Waals surface area contributed by atoms with Crippen molar-refractivity contribution in [1.29, 1.82) is 0 Å². The van der Waals surface area contributed by atoms with Gasteiger partial charge in [0.2, 0.25) is 5.91 Å². The molecule has 6 nitrogen and oxygen atoms in total. The molecule has 0 spiro atoms. The SMILES string of the molecule is Cc1ccc(NC(=O)Cn2c(C)nc3c(c2=O)CCN(Cc2ccccc2)C3)cc1. The summed E-state index contributed by atoms with van der Waals surface area (Å²) >= 11 is 0. The fraction of sp³-hybridized carbons (Fsp3) is 0.292. The minimum Gasteiger partial charge on any atom is -0.325 e. The number of amides is 1. The zero-order valence-electron chi connectivity index (χ0n) is 17.4. The van der Waals surface area contributed by atoms with E-state index in [2.05, 4.69) is 27.3 Å². The first kappa shape index (κ1) is 20.0. The molecule has 30 heavy (non-hydrogen) atoms. The third-order valence-electron chi connectivity index (χ3n) is 5.48. The Morgan fingerprint density at radius 2 is 1.80 bits per heavy atom. The molecule has 0 unspecified atom stereocenters. The molecule has 1 aliphatic rings. The van der Waals surface area contributed by atoms with E-state index in [1.807, 2.05) is 49.4 Å². The molecule has 3 aromatic rings. The first-order valence-electron chi connectivity index (χ1n) is 10.2. The van der Waals surface area contributed by atoms with Gasteiger partial charge in [-0.3, -0.25) is 19.1 Å². The van der Waals surface area contributed by atoms with E-state index < -0.39 is 0 Å². The quantitative estimate of drug-likeness (QED) is 0.712. The highest BCUT2D eigenvalue weighted by Crippen LogP contribution is 2.17. The van der Waals surface area contributed by atoms with Gasteiger partial charge in [-0.2, -0.15) is 0 Å². The van der Waals surface area contributed by atoms with Gasteiger partial charge in [-0.05, 0) is 38.0 Å². The Balaban J connectivity index is 1.48. The van der Waals surface area contributed by atoms with Crippen molar-refractivity contribution in [1.82, 2.24) is 14.5 Å². The van der Waals surface area contributed by atoms with Gasteiger partial charge in [-0.1, -0.05) is 48.0 Å². The number of fused-ring (bicyclic) bond motifs is 1. The van der Waals surface area contributed by atoms with Crippen LogP contribution in [0, 0.1) is 13.8 Å². The summed E-state index contributed by atoms with van der Waals surface area (Å²) in [6.07, 6.45) is 0.647. The van der Waals surface area contributed by atoms with Gasteiger partial charge in [0.15, 0.2) is 0 Å². The molecule has 1 aromatic heterocycles. The van der Waals surface area contributed by atoms with Crippen LogP contribution in [0.4, 0.5) is 5.69 Å². The highest BCUT2D eigenvalue weighted by Gasteiger charge is 2.23. The summed E-state index contributed by atoms with van der Waals surface area (Å²) in [4.78, 5) is 32.5. The summed E-state index contributed by atoms with van der Waals surface area (Å²) < 4.78 is 1.48. The standard InChI is InChI=1S/C24H26N4O2/c1-17-8-10-20(11-9-17)26-23(29)16-28-18(2)25-22-15-27(13-12-21(22)24(28)30)14-19-6-4-3-5-7-19/h3-11H,12-16H2,1-2H3,(H,26,29). The highest BCUT2D eigenvalue weighted by atomic mass is 16.2. The second kappa shape index (κ2) is 8.63. The summed E-state index contributed by atoms with van der Waals surface area (Å²) in [5.74, 6) is 0.340. The van der Waals surface area contributed by atoms with Crippen molar-refractivity contribution in [3.05, 3.63) is 93.2 Å². The summed E-state index contributed by atoms with van der Waals surface area (Å²) in [5, 5.41) is 2.85. The fourth-order valence-corrected chi connectivity index (χ4v) is 3.84. The maximum absolute atomic E-state index is 13.1. The zero-order chi connectivity index (χ0) is 21.1. The van der Waals surface area contributed by atoms with Crippen LogP contribution < -0.4 is 10.9 Å². The number of nitrogens with zero attached hydrogens (tertiary/aromatic N) is 3. The number of carbonyl (C=O) groups is 1. The lowest BCUT2D eigenvalue weighted by Gasteiger charge is -2.28. The van der Waals surface area contributed by atoms with Crippen molar-refractivity contribution < 1.29 is 4.79 Å². The van der Waals surface area contributed by atoms with Crippen LogP contribution in [0.25, 0.3) is 0 Å². The van der Waals surface area contributed by atoms with E-state index in [0.29, 0.717) is 18.8 Å². The first-order valence-corrected chi connectivity index (χ1v) is 10.2. The summed E-state index contributed by atoms with van der Waals surface area (Å²) in [7, 11) is 0. The summed E-state index contributed by atoms with van der Waals surface area (Å²) in [6, 6.07) is 17.9. The van der Waals surface area contributed by atoms with E-state index in [1.165, 1.54) is 10.1 Å². The van der Waals surface area contributed by atoms with Gasteiger partial charge in [0.05, 0.1) is 5.69 Å². The van der Waals surface area contributed by atoms with Gasteiger partial charge >= 0.3 is 0 Å². The molecule has 4 rings (SSSR count). The van der Waals surface area contributed by atoms with Crippen LogP contribution in [0.1, 0.15) is 28.2 Å².